The number of aryl methyl sites for hydroxylation is 2. The molecule has 174 valence electrons. The summed E-state index contributed by atoms with van der Waals surface area (Å²) in [5.74, 6) is -1.83. The fourth-order valence-corrected chi connectivity index (χ4v) is 3.17. The molecule has 3 heterocycles. The predicted molar refractivity (Wildman–Crippen MR) is 115 cm³/mol. The van der Waals surface area contributed by atoms with E-state index in [-0.39, 0.29) is 11.3 Å². The van der Waals surface area contributed by atoms with E-state index in [2.05, 4.69) is 35.8 Å². The molecule has 9 nitrogen and oxygen atoms in total. The minimum absolute atomic E-state index is 0.0369. The van der Waals surface area contributed by atoms with Gasteiger partial charge in [0.15, 0.2) is 0 Å². The van der Waals surface area contributed by atoms with Crippen molar-refractivity contribution >= 4 is 5.91 Å². The second-order valence-corrected chi connectivity index (χ2v) is 7.68. The van der Waals surface area contributed by atoms with E-state index in [0.29, 0.717) is 21.6 Å². The maximum atomic E-state index is 13.4. The van der Waals surface area contributed by atoms with Crippen LogP contribution in [-0.2, 0) is 6.18 Å². The first-order valence-corrected chi connectivity index (χ1v) is 10.2. The van der Waals surface area contributed by atoms with E-state index in [9.17, 15) is 18.0 Å². The maximum absolute atomic E-state index is 13.4. The molecule has 4 rings (SSSR count). The zero-order valence-corrected chi connectivity index (χ0v) is 18.4. The minimum atomic E-state index is -4.79. The van der Waals surface area contributed by atoms with Gasteiger partial charge in [-0.1, -0.05) is 6.07 Å². The Morgan fingerprint density at radius 1 is 1.03 bits per heavy atom. The largest absolute Gasteiger partial charge is 0.453 e. The van der Waals surface area contributed by atoms with Crippen LogP contribution in [0.1, 0.15) is 46.1 Å². The van der Waals surface area contributed by atoms with Gasteiger partial charge in [0.1, 0.15) is 0 Å². The second-order valence-electron chi connectivity index (χ2n) is 7.68. The lowest BCUT2D eigenvalue weighted by molar-refractivity contribution is -0.146. The molecule has 0 radical (unpaired) electrons. The summed E-state index contributed by atoms with van der Waals surface area (Å²) >= 11 is 0. The number of halogens is 3. The van der Waals surface area contributed by atoms with E-state index in [4.69, 9.17) is 0 Å². The molecule has 0 aliphatic heterocycles. The number of aromatic nitrogens is 7. The number of alkyl halides is 3. The number of nitrogens with one attached hydrogen (secondary N) is 1. The smallest absolute Gasteiger partial charge is 0.344 e. The SMILES string of the molecule is Cc1ccc(-c2cc(C(=O)N[C@@H](C)c3cnc(C)cn3)cc(-n3nnnc3C(F)(F)F)c2)nc1. The third kappa shape index (κ3) is 4.90. The molecule has 1 N–H and O–H groups in total. The van der Waals surface area contributed by atoms with Crippen LogP contribution in [0, 0.1) is 13.8 Å². The molecule has 4 aromatic rings. The van der Waals surface area contributed by atoms with Crippen molar-refractivity contribution < 1.29 is 18.0 Å². The average Bonchev–Trinajstić information content (AvgIpc) is 3.30. The van der Waals surface area contributed by atoms with Crippen LogP contribution in [0.5, 0.6) is 0 Å². The predicted octanol–water partition coefficient (Wildman–Crippen LogP) is 3.64. The van der Waals surface area contributed by atoms with Crippen LogP contribution in [0.4, 0.5) is 13.2 Å². The Morgan fingerprint density at radius 3 is 2.47 bits per heavy atom. The summed E-state index contributed by atoms with van der Waals surface area (Å²) in [7, 11) is 0. The van der Waals surface area contributed by atoms with Gasteiger partial charge in [-0.15, -0.1) is 5.10 Å². The third-order valence-electron chi connectivity index (χ3n) is 4.95. The van der Waals surface area contributed by atoms with Crippen molar-refractivity contribution in [1.29, 1.82) is 0 Å². The van der Waals surface area contributed by atoms with Crippen LogP contribution < -0.4 is 5.32 Å². The number of benzene rings is 1. The Kier molecular flexibility index (Phi) is 6.05. The summed E-state index contributed by atoms with van der Waals surface area (Å²) in [6.07, 6.45) is -0.0358. The van der Waals surface area contributed by atoms with Crippen LogP contribution in [0.3, 0.4) is 0 Å². The molecule has 0 fully saturated rings. The van der Waals surface area contributed by atoms with Crippen molar-refractivity contribution in [2.45, 2.75) is 33.0 Å². The molecule has 1 aromatic carbocycles. The first-order chi connectivity index (χ1) is 16.1. The van der Waals surface area contributed by atoms with Gasteiger partial charge in [-0.3, -0.25) is 19.7 Å². The second kappa shape index (κ2) is 8.96. The summed E-state index contributed by atoms with van der Waals surface area (Å²) in [6, 6.07) is 7.29. The van der Waals surface area contributed by atoms with Crippen LogP contribution in [0.2, 0.25) is 0 Å². The van der Waals surface area contributed by atoms with Gasteiger partial charge < -0.3 is 5.32 Å². The van der Waals surface area contributed by atoms with Gasteiger partial charge in [0, 0.05) is 23.5 Å². The highest BCUT2D eigenvalue weighted by molar-refractivity contribution is 5.96. The van der Waals surface area contributed by atoms with E-state index in [1.165, 1.54) is 12.1 Å². The number of amides is 1. The molecule has 3 aromatic heterocycles. The Balaban J connectivity index is 1.76. The molecule has 0 bridgehead atoms. The molecule has 12 heteroatoms. The minimum Gasteiger partial charge on any atom is -0.344 e. The molecule has 0 saturated carbocycles. The number of carbonyl (C=O) groups is 1. The van der Waals surface area contributed by atoms with E-state index in [1.807, 2.05) is 13.0 Å². The Morgan fingerprint density at radius 2 is 1.82 bits per heavy atom. The van der Waals surface area contributed by atoms with Gasteiger partial charge in [-0.05, 0) is 61.0 Å². The quantitative estimate of drug-likeness (QED) is 0.476. The Bertz CT molecular complexity index is 1320. The lowest BCUT2D eigenvalue weighted by Crippen LogP contribution is -2.27. The van der Waals surface area contributed by atoms with Crippen LogP contribution >= 0.6 is 0 Å². The molecule has 0 saturated heterocycles. The Hall–Kier alpha value is -4.22. The van der Waals surface area contributed by atoms with Crippen molar-refractivity contribution in [2.75, 3.05) is 0 Å². The fourth-order valence-electron chi connectivity index (χ4n) is 3.17. The van der Waals surface area contributed by atoms with Gasteiger partial charge in [-0.25, -0.2) is 0 Å². The molecular weight excluding hydrogens is 449 g/mol. The number of carbonyl (C=O) groups excluding carboxylic acids is 1. The molecule has 1 amide bonds. The van der Waals surface area contributed by atoms with Crippen LogP contribution in [-0.4, -0.2) is 41.1 Å². The van der Waals surface area contributed by atoms with E-state index in [0.717, 1.165) is 11.3 Å². The van der Waals surface area contributed by atoms with Crippen molar-refractivity contribution in [3.8, 4) is 16.9 Å². The van der Waals surface area contributed by atoms with Crippen LogP contribution in [0.15, 0.2) is 48.9 Å². The van der Waals surface area contributed by atoms with Crippen molar-refractivity contribution in [1.82, 2.24) is 40.5 Å². The number of hydrogen-bond acceptors (Lipinski definition) is 7. The first-order valence-electron chi connectivity index (χ1n) is 10.2. The highest BCUT2D eigenvalue weighted by atomic mass is 19.4. The molecule has 0 unspecified atom stereocenters. The highest BCUT2D eigenvalue weighted by Gasteiger charge is 2.38. The third-order valence-corrected chi connectivity index (χ3v) is 4.95. The number of nitrogens with zero attached hydrogens (tertiary/aromatic N) is 7. The normalized spacial score (nSPS) is 12.4. The first kappa shape index (κ1) is 23.0. The summed E-state index contributed by atoms with van der Waals surface area (Å²) in [6.45, 7) is 5.38. The Labute approximate surface area is 192 Å². The maximum Gasteiger partial charge on any atom is 0.453 e. The van der Waals surface area contributed by atoms with Crippen molar-refractivity contribution in [3.63, 3.8) is 0 Å². The van der Waals surface area contributed by atoms with Crippen LogP contribution in [0.25, 0.3) is 16.9 Å². The van der Waals surface area contributed by atoms with Gasteiger partial charge >= 0.3 is 6.18 Å². The molecule has 0 aliphatic rings. The zero-order chi connectivity index (χ0) is 24.5. The van der Waals surface area contributed by atoms with E-state index >= 15 is 0 Å². The summed E-state index contributed by atoms with van der Waals surface area (Å²) < 4.78 is 40.8. The lowest BCUT2D eigenvalue weighted by atomic mass is 10.0. The van der Waals surface area contributed by atoms with E-state index < -0.39 is 23.9 Å². The molecule has 0 spiro atoms. The molecule has 0 aliphatic carbocycles. The number of rotatable bonds is 5. The monoisotopic (exact) mass is 468 g/mol. The molecule has 1 atom stereocenters. The van der Waals surface area contributed by atoms with Gasteiger partial charge in [0.05, 0.1) is 35.0 Å². The summed E-state index contributed by atoms with van der Waals surface area (Å²) in [5, 5.41) is 12.5. The van der Waals surface area contributed by atoms with E-state index in [1.54, 1.807) is 44.6 Å². The summed E-state index contributed by atoms with van der Waals surface area (Å²) in [4.78, 5) is 25.8. The molecular formula is C22H19F3N8O. The molecule has 34 heavy (non-hydrogen) atoms. The number of pyridine rings is 1. The number of tetrazole rings is 1. The number of hydrogen-bond donors (Lipinski definition) is 1. The van der Waals surface area contributed by atoms with Gasteiger partial charge in [0.25, 0.3) is 11.7 Å². The van der Waals surface area contributed by atoms with Crippen molar-refractivity contribution in [3.05, 3.63) is 77.3 Å². The van der Waals surface area contributed by atoms with Crippen molar-refractivity contribution in [2.24, 2.45) is 0 Å². The topological polar surface area (TPSA) is 111 Å². The lowest BCUT2D eigenvalue weighted by Gasteiger charge is -2.15. The van der Waals surface area contributed by atoms with Gasteiger partial charge in [-0.2, -0.15) is 17.9 Å². The average molecular weight is 468 g/mol. The highest BCUT2D eigenvalue weighted by Crippen LogP contribution is 2.30. The standard InChI is InChI=1S/C22H19F3N8O/c1-12-4-5-18(27-9-12)15-6-16(20(34)29-14(3)19-11-26-13(2)10-28-19)8-17(7-15)33-21(22(23,24)25)30-31-32-33/h4-11,14H,1-3H3,(H,29,34)/t14-/m0/s1. The van der Waals surface area contributed by atoms with Gasteiger partial charge in [0.2, 0.25) is 0 Å². The summed E-state index contributed by atoms with van der Waals surface area (Å²) in [5.41, 5.74) is 3.14. The fraction of sp³-hybridized carbons (Fsp3) is 0.227. The zero-order valence-electron chi connectivity index (χ0n) is 18.4.